The molecule has 1 heterocycles. The van der Waals surface area contributed by atoms with E-state index in [1.807, 2.05) is 20.8 Å². The molecule has 0 bridgehead atoms. The highest BCUT2D eigenvalue weighted by Crippen LogP contribution is 2.29. The van der Waals surface area contributed by atoms with Gasteiger partial charge in [0.25, 0.3) is 0 Å². The summed E-state index contributed by atoms with van der Waals surface area (Å²) in [4.78, 5) is 14.1. The van der Waals surface area contributed by atoms with E-state index in [4.69, 9.17) is 9.47 Å². The molecule has 0 saturated carbocycles. The molecule has 130 valence electrons. The fourth-order valence-electron chi connectivity index (χ4n) is 2.74. The summed E-state index contributed by atoms with van der Waals surface area (Å²) >= 11 is 3.59. The predicted octanol–water partition coefficient (Wildman–Crippen LogP) is 4.60. The molecule has 0 aromatic heterocycles. The molecule has 1 rings (SSSR count). The first-order valence-electron chi connectivity index (χ1n) is 8.39. The highest BCUT2D eigenvalue weighted by molar-refractivity contribution is 9.09. The van der Waals surface area contributed by atoms with Gasteiger partial charge in [0.15, 0.2) is 0 Å². The fraction of sp³-hybridized carbons (Fsp3) is 0.941. The highest BCUT2D eigenvalue weighted by atomic mass is 79.9. The van der Waals surface area contributed by atoms with Crippen LogP contribution in [0.4, 0.5) is 4.79 Å². The van der Waals surface area contributed by atoms with E-state index in [9.17, 15) is 4.79 Å². The molecule has 0 aromatic rings. The van der Waals surface area contributed by atoms with E-state index in [1.54, 1.807) is 4.90 Å². The lowest BCUT2D eigenvalue weighted by Crippen LogP contribution is -2.54. The molecule has 1 aliphatic rings. The molecule has 0 aliphatic carbocycles. The van der Waals surface area contributed by atoms with Gasteiger partial charge < -0.3 is 14.4 Å². The minimum atomic E-state index is -0.456. The lowest BCUT2D eigenvalue weighted by Gasteiger charge is -2.42. The third-order valence-electron chi connectivity index (χ3n) is 3.89. The lowest BCUT2D eigenvalue weighted by atomic mass is 9.94. The molecule has 0 aromatic carbocycles. The molecular weight excluding hydrogens is 346 g/mol. The maximum absolute atomic E-state index is 12.3. The summed E-state index contributed by atoms with van der Waals surface area (Å²) in [6.07, 6.45) is 4.05. The van der Waals surface area contributed by atoms with E-state index in [1.165, 1.54) is 12.8 Å². The summed E-state index contributed by atoms with van der Waals surface area (Å²) in [5, 5.41) is 0.748. The zero-order chi connectivity index (χ0) is 16.8. The van der Waals surface area contributed by atoms with Crippen molar-refractivity contribution in [2.45, 2.75) is 71.5 Å². The Kier molecular flexibility index (Phi) is 7.66. The standard InChI is InChI=1S/C17H32BrNO3/c1-6-8-14(2)11-21-17(12-18)9-7-10-19(13-17)15(20)22-16(3,4)5/h14H,6-13H2,1-5H3. The van der Waals surface area contributed by atoms with Gasteiger partial charge in [0.05, 0.1) is 18.8 Å². The Morgan fingerprint density at radius 2 is 2.09 bits per heavy atom. The number of nitrogens with zero attached hydrogens (tertiary/aromatic N) is 1. The first kappa shape index (κ1) is 19.8. The zero-order valence-corrected chi connectivity index (χ0v) is 16.4. The summed E-state index contributed by atoms with van der Waals surface area (Å²) in [5.41, 5.74) is -0.737. The number of carbonyl (C=O) groups is 1. The monoisotopic (exact) mass is 377 g/mol. The molecule has 1 fully saturated rings. The number of halogens is 1. The number of rotatable bonds is 6. The first-order valence-corrected chi connectivity index (χ1v) is 9.51. The third-order valence-corrected chi connectivity index (χ3v) is 4.91. The van der Waals surface area contributed by atoms with Gasteiger partial charge in [-0.2, -0.15) is 0 Å². The van der Waals surface area contributed by atoms with Gasteiger partial charge in [-0.1, -0.05) is 36.2 Å². The SMILES string of the molecule is CCCC(C)COC1(CBr)CCCN(C(=O)OC(C)(C)C)C1. The predicted molar refractivity (Wildman–Crippen MR) is 93.6 cm³/mol. The van der Waals surface area contributed by atoms with Gasteiger partial charge in [0.1, 0.15) is 5.60 Å². The Bertz CT molecular complexity index is 356. The average Bonchev–Trinajstić information content (AvgIpc) is 2.44. The average molecular weight is 378 g/mol. The molecule has 1 saturated heterocycles. The summed E-state index contributed by atoms with van der Waals surface area (Å²) in [5.74, 6) is 0.554. The van der Waals surface area contributed by atoms with Crippen LogP contribution in [0.15, 0.2) is 0 Å². The van der Waals surface area contributed by atoms with Crippen LogP contribution in [0.5, 0.6) is 0 Å². The molecule has 4 nitrogen and oxygen atoms in total. The Labute approximate surface area is 144 Å². The van der Waals surface area contributed by atoms with E-state index in [-0.39, 0.29) is 11.7 Å². The minimum Gasteiger partial charge on any atom is -0.444 e. The number of piperidine rings is 1. The summed E-state index contributed by atoms with van der Waals surface area (Å²) in [6.45, 7) is 12.2. The van der Waals surface area contributed by atoms with E-state index in [0.717, 1.165) is 31.3 Å². The molecule has 22 heavy (non-hydrogen) atoms. The van der Waals surface area contributed by atoms with Gasteiger partial charge in [-0.3, -0.25) is 0 Å². The summed E-state index contributed by atoms with van der Waals surface area (Å²) < 4.78 is 11.7. The number of likely N-dealkylation sites (tertiary alicyclic amines) is 1. The van der Waals surface area contributed by atoms with Crippen molar-refractivity contribution in [2.75, 3.05) is 25.0 Å². The summed E-state index contributed by atoms with van der Waals surface area (Å²) in [7, 11) is 0. The number of amides is 1. The van der Waals surface area contributed by atoms with Gasteiger partial charge in [-0.05, 0) is 46.0 Å². The molecule has 0 radical (unpaired) electrons. The van der Waals surface area contributed by atoms with Crippen LogP contribution in [0, 0.1) is 5.92 Å². The van der Waals surface area contributed by atoms with Crippen molar-refractivity contribution in [3.8, 4) is 0 Å². The quantitative estimate of drug-likeness (QED) is 0.634. The van der Waals surface area contributed by atoms with Crippen molar-refractivity contribution in [3.63, 3.8) is 0 Å². The zero-order valence-electron chi connectivity index (χ0n) is 14.8. The molecule has 2 atom stereocenters. The normalized spacial score (nSPS) is 24.2. The van der Waals surface area contributed by atoms with Crippen LogP contribution in [0.25, 0.3) is 0 Å². The van der Waals surface area contributed by atoms with Crippen LogP contribution in [-0.4, -0.2) is 47.2 Å². The van der Waals surface area contributed by atoms with E-state index in [0.29, 0.717) is 12.5 Å². The first-order chi connectivity index (χ1) is 10.2. The van der Waals surface area contributed by atoms with Crippen LogP contribution in [-0.2, 0) is 9.47 Å². The van der Waals surface area contributed by atoms with Crippen molar-refractivity contribution in [2.24, 2.45) is 5.92 Å². The van der Waals surface area contributed by atoms with Crippen LogP contribution >= 0.6 is 15.9 Å². The van der Waals surface area contributed by atoms with Crippen LogP contribution in [0.1, 0.15) is 60.3 Å². The largest absolute Gasteiger partial charge is 0.444 e. The molecule has 1 amide bonds. The van der Waals surface area contributed by atoms with E-state index in [2.05, 4.69) is 29.8 Å². The maximum Gasteiger partial charge on any atom is 0.410 e. The Hall–Kier alpha value is -0.290. The van der Waals surface area contributed by atoms with Crippen molar-refractivity contribution in [1.29, 1.82) is 0 Å². The minimum absolute atomic E-state index is 0.234. The molecule has 0 N–H and O–H groups in total. The van der Waals surface area contributed by atoms with Crippen molar-refractivity contribution >= 4 is 22.0 Å². The number of alkyl halides is 1. The molecular formula is C17H32BrNO3. The molecule has 2 unspecified atom stereocenters. The van der Waals surface area contributed by atoms with Crippen LogP contribution in [0.3, 0.4) is 0 Å². The lowest BCUT2D eigenvalue weighted by molar-refractivity contribution is -0.0855. The van der Waals surface area contributed by atoms with E-state index < -0.39 is 5.60 Å². The second kappa shape index (κ2) is 8.53. The van der Waals surface area contributed by atoms with Crippen LogP contribution in [0.2, 0.25) is 0 Å². The van der Waals surface area contributed by atoms with Crippen molar-refractivity contribution < 1.29 is 14.3 Å². The van der Waals surface area contributed by atoms with E-state index >= 15 is 0 Å². The van der Waals surface area contributed by atoms with Gasteiger partial charge in [-0.25, -0.2) is 4.79 Å². The molecule has 5 heteroatoms. The Balaban J connectivity index is 2.62. The second-order valence-electron chi connectivity index (χ2n) is 7.53. The Morgan fingerprint density at radius 1 is 1.41 bits per heavy atom. The van der Waals surface area contributed by atoms with Gasteiger partial charge in [-0.15, -0.1) is 0 Å². The van der Waals surface area contributed by atoms with Gasteiger partial charge in [0, 0.05) is 11.9 Å². The summed E-state index contributed by atoms with van der Waals surface area (Å²) in [6, 6.07) is 0. The number of carbonyl (C=O) groups excluding carboxylic acids is 1. The molecule has 1 aliphatic heterocycles. The topological polar surface area (TPSA) is 38.8 Å². The van der Waals surface area contributed by atoms with Crippen molar-refractivity contribution in [3.05, 3.63) is 0 Å². The van der Waals surface area contributed by atoms with Crippen LogP contribution < -0.4 is 0 Å². The number of hydrogen-bond acceptors (Lipinski definition) is 3. The smallest absolute Gasteiger partial charge is 0.410 e. The maximum atomic E-state index is 12.3. The highest BCUT2D eigenvalue weighted by Gasteiger charge is 2.38. The van der Waals surface area contributed by atoms with Gasteiger partial charge >= 0.3 is 6.09 Å². The number of ether oxygens (including phenoxy) is 2. The second-order valence-corrected chi connectivity index (χ2v) is 8.09. The number of hydrogen-bond donors (Lipinski definition) is 0. The Morgan fingerprint density at radius 3 is 2.64 bits per heavy atom. The molecule has 0 spiro atoms. The van der Waals surface area contributed by atoms with Crippen molar-refractivity contribution in [1.82, 2.24) is 4.90 Å². The fourth-order valence-corrected chi connectivity index (χ4v) is 3.36. The third kappa shape index (κ3) is 6.45. The van der Waals surface area contributed by atoms with Gasteiger partial charge in [0.2, 0.25) is 0 Å².